The average molecular weight is 220 g/mol. The fourth-order valence-electron chi connectivity index (χ4n) is 2.11. The lowest BCUT2D eigenvalue weighted by Crippen LogP contribution is -2.16. The summed E-state index contributed by atoms with van der Waals surface area (Å²) in [4.78, 5) is 4.14. The smallest absolute Gasteiger partial charge is 0.142 e. The fourth-order valence-corrected chi connectivity index (χ4v) is 2.11. The molecule has 2 rings (SSSR count). The second kappa shape index (κ2) is 5.85. The van der Waals surface area contributed by atoms with Crippen LogP contribution in [0.2, 0.25) is 0 Å². The van der Waals surface area contributed by atoms with Gasteiger partial charge in [-0.25, -0.2) is 0 Å². The van der Waals surface area contributed by atoms with Crippen LogP contribution >= 0.6 is 0 Å². The molecule has 3 nitrogen and oxygen atoms in total. The van der Waals surface area contributed by atoms with Gasteiger partial charge in [0.05, 0.1) is 12.3 Å². The second-order valence-electron chi connectivity index (χ2n) is 4.29. The van der Waals surface area contributed by atoms with E-state index in [0.29, 0.717) is 6.10 Å². The van der Waals surface area contributed by atoms with Crippen molar-refractivity contribution in [3.8, 4) is 5.75 Å². The highest BCUT2D eigenvalue weighted by Crippen LogP contribution is 2.25. The van der Waals surface area contributed by atoms with Gasteiger partial charge in [0.25, 0.3) is 0 Å². The van der Waals surface area contributed by atoms with Gasteiger partial charge < -0.3 is 10.1 Å². The Morgan fingerprint density at radius 2 is 2.25 bits per heavy atom. The van der Waals surface area contributed by atoms with Crippen LogP contribution in [0.1, 0.15) is 38.2 Å². The highest BCUT2D eigenvalue weighted by molar-refractivity contribution is 5.29. The van der Waals surface area contributed by atoms with E-state index in [1.165, 1.54) is 31.2 Å². The topological polar surface area (TPSA) is 34.2 Å². The van der Waals surface area contributed by atoms with Crippen molar-refractivity contribution in [2.24, 2.45) is 0 Å². The van der Waals surface area contributed by atoms with Gasteiger partial charge in [-0.3, -0.25) is 4.98 Å². The molecule has 1 fully saturated rings. The lowest BCUT2D eigenvalue weighted by atomic mass is 10.2. The molecule has 0 aliphatic heterocycles. The van der Waals surface area contributed by atoms with E-state index in [1.807, 2.05) is 18.5 Å². The summed E-state index contributed by atoms with van der Waals surface area (Å²) in [6.07, 6.45) is 9.05. The zero-order valence-electron chi connectivity index (χ0n) is 9.91. The molecular formula is C13H20N2O. The van der Waals surface area contributed by atoms with Crippen molar-refractivity contribution >= 4 is 0 Å². The quantitative estimate of drug-likeness (QED) is 0.828. The number of nitrogens with one attached hydrogen (secondary N) is 1. The molecule has 1 aromatic heterocycles. The molecule has 0 radical (unpaired) electrons. The summed E-state index contributed by atoms with van der Waals surface area (Å²) in [7, 11) is 0. The Balaban J connectivity index is 2.00. The largest absolute Gasteiger partial charge is 0.488 e. The minimum atomic E-state index is 0.407. The lowest BCUT2D eigenvalue weighted by Gasteiger charge is -2.16. The Labute approximate surface area is 97.2 Å². The number of aromatic nitrogens is 1. The predicted octanol–water partition coefficient (Wildman–Crippen LogP) is 2.51. The number of hydrogen-bond donors (Lipinski definition) is 1. The number of rotatable bonds is 5. The molecule has 88 valence electrons. The maximum absolute atomic E-state index is 6.00. The molecule has 0 spiro atoms. The molecule has 3 heteroatoms. The molecule has 1 N–H and O–H groups in total. The molecule has 0 saturated heterocycles. The standard InChI is InChI=1S/C13H20N2O/c1-2-14-9-11-7-8-15-10-13(11)16-12-5-3-4-6-12/h7-8,10,12,14H,2-6,9H2,1H3. The molecule has 1 heterocycles. The molecule has 1 aliphatic rings. The first-order chi connectivity index (χ1) is 7.90. The first-order valence-corrected chi connectivity index (χ1v) is 6.20. The predicted molar refractivity (Wildman–Crippen MR) is 64.5 cm³/mol. The minimum absolute atomic E-state index is 0.407. The number of ether oxygens (including phenoxy) is 1. The van der Waals surface area contributed by atoms with Gasteiger partial charge in [-0.1, -0.05) is 6.92 Å². The van der Waals surface area contributed by atoms with E-state index >= 15 is 0 Å². The average Bonchev–Trinajstić information content (AvgIpc) is 2.81. The van der Waals surface area contributed by atoms with Gasteiger partial charge in [0.1, 0.15) is 5.75 Å². The fraction of sp³-hybridized carbons (Fsp3) is 0.615. The lowest BCUT2D eigenvalue weighted by molar-refractivity contribution is 0.207. The van der Waals surface area contributed by atoms with Crippen LogP contribution in [0.4, 0.5) is 0 Å². The maximum atomic E-state index is 6.00. The Morgan fingerprint density at radius 3 is 3.00 bits per heavy atom. The number of pyridine rings is 1. The Hall–Kier alpha value is -1.09. The van der Waals surface area contributed by atoms with Gasteiger partial charge in [0.15, 0.2) is 0 Å². The van der Waals surface area contributed by atoms with Crippen LogP contribution in [0.15, 0.2) is 18.5 Å². The molecule has 1 saturated carbocycles. The van der Waals surface area contributed by atoms with Crippen molar-refractivity contribution in [2.75, 3.05) is 6.54 Å². The monoisotopic (exact) mass is 220 g/mol. The van der Waals surface area contributed by atoms with Crippen LogP contribution in [-0.4, -0.2) is 17.6 Å². The Bertz CT molecular complexity index is 321. The Kier molecular flexibility index (Phi) is 4.17. The van der Waals surface area contributed by atoms with E-state index in [2.05, 4.69) is 17.2 Å². The third-order valence-electron chi connectivity index (χ3n) is 3.03. The van der Waals surface area contributed by atoms with Crippen LogP contribution in [0, 0.1) is 0 Å². The SMILES string of the molecule is CCNCc1ccncc1OC1CCCC1. The first kappa shape index (κ1) is 11.4. The van der Waals surface area contributed by atoms with Crippen molar-refractivity contribution in [3.63, 3.8) is 0 Å². The van der Waals surface area contributed by atoms with Gasteiger partial charge >= 0.3 is 0 Å². The van der Waals surface area contributed by atoms with Gasteiger partial charge in [0.2, 0.25) is 0 Å². The van der Waals surface area contributed by atoms with Crippen LogP contribution in [0.25, 0.3) is 0 Å². The Morgan fingerprint density at radius 1 is 1.44 bits per heavy atom. The summed E-state index contributed by atoms with van der Waals surface area (Å²) < 4.78 is 6.00. The second-order valence-corrected chi connectivity index (χ2v) is 4.29. The summed E-state index contributed by atoms with van der Waals surface area (Å²) >= 11 is 0. The van der Waals surface area contributed by atoms with Crippen molar-refractivity contribution in [2.45, 2.75) is 45.3 Å². The summed E-state index contributed by atoms with van der Waals surface area (Å²) in [6.45, 7) is 3.95. The normalized spacial score (nSPS) is 16.6. The van der Waals surface area contributed by atoms with Gasteiger partial charge in [0, 0.05) is 18.3 Å². The van der Waals surface area contributed by atoms with E-state index in [0.717, 1.165) is 18.8 Å². The zero-order chi connectivity index (χ0) is 11.2. The van der Waals surface area contributed by atoms with E-state index in [4.69, 9.17) is 4.74 Å². The minimum Gasteiger partial charge on any atom is -0.488 e. The third kappa shape index (κ3) is 2.95. The summed E-state index contributed by atoms with van der Waals surface area (Å²) in [5.74, 6) is 0.954. The van der Waals surface area contributed by atoms with Gasteiger partial charge in [-0.2, -0.15) is 0 Å². The van der Waals surface area contributed by atoms with Crippen LogP contribution in [0.3, 0.4) is 0 Å². The molecule has 0 amide bonds. The molecule has 0 aromatic carbocycles. The third-order valence-corrected chi connectivity index (χ3v) is 3.03. The van der Waals surface area contributed by atoms with Crippen molar-refractivity contribution in [1.29, 1.82) is 0 Å². The van der Waals surface area contributed by atoms with Crippen LogP contribution in [-0.2, 0) is 6.54 Å². The molecule has 0 unspecified atom stereocenters. The number of nitrogens with zero attached hydrogens (tertiary/aromatic N) is 1. The van der Waals surface area contributed by atoms with E-state index in [-0.39, 0.29) is 0 Å². The molecular weight excluding hydrogens is 200 g/mol. The summed E-state index contributed by atoms with van der Waals surface area (Å²) in [5.41, 5.74) is 1.21. The highest BCUT2D eigenvalue weighted by atomic mass is 16.5. The molecule has 0 bridgehead atoms. The zero-order valence-corrected chi connectivity index (χ0v) is 9.91. The van der Waals surface area contributed by atoms with E-state index < -0.39 is 0 Å². The molecule has 16 heavy (non-hydrogen) atoms. The van der Waals surface area contributed by atoms with E-state index in [9.17, 15) is 0 Å². The maximum Gasteiger partial charge on any atom is 0.142 e. The summed E-state index contributed by atoms with van der Waals surface area (Å²) in [5, 5.41) is 3.32. The van der Waals surface area contributed by atoms with Crippen molar-refractivity contribution < 1.29 is 4.74 Å². The van der Waals surface area contributed by atoms with Crippen molar-refractivity contribution in [1.82, 2.24) is 10.3 Å². The summed E-state index contributed by atoms with van der Waals surface area (Å²) in [6, 6.07) is 2.03. The number of hydrogen-bond acceptors (Lipinski definition) is 3. The van der Waals surface area contributed by atoms with Crippen molar-refractivity contribution in [3.05, 3.63) is 24.0 Å². The molecule has 1 aliphatic carbocycles. The van der Waals surface area contributed by atoms with Gasteiger partial charge in [-0.05, 0) is 38.3 Å². The van der Waals surface area contributed by atoms with Gasteiger partial charge in [-0.15, -0.1) is 0 Å². The first-order valence-electron chi connectivity index (χ1n) is 6.20. The van der Waals surface area contributed by atoms with Crippen LogP contribution < -0.4 is 10.1 Å². The molecule has 1 aromatic rings. The highest BCUT2D eigenvalue weighted by Gasteiger charge is 2.17. The van der Waals surface area contributed by atoms with E-state index in [1.54, 1.807) is 0 Å². The molecule has 0 atom stereocenters. The van der Waals surface area contributed by atoms with Crippen LogP contribution in [0.5, 0.6) is 5.75 Å².